The molecule has 0 saturated carbocycles. The Hall–Kier alpha value is -3.16. The number of nitrogens with one attached hydrogen (secondary N) is 2. The summed E-state index contributed by atoms with van der Waals surface area (Å²) in [4.78, 5) is 8.56. The summed E-state index contributed by atoms with van der Waals surface area (Å²) in [6.45, 7) is 11.9. The van der Waals surface area contributed by atoms with Gasteiger partial charge in [0.25, 0.3) is 0 Å². The molecule has 0 aliphatic rings. The van der Waals surface area contributed by atoms with Crippen LogP contribution in [-0.4, -0.2) is 34.7 Å². The molecule has 28 heavy (non-hydrogen) atoms. The lowest BCUT2D eigenvalue weighted by atomic mass is 10.1. The summed E-state index contributed by atoms with van der Waals surface area (Å²) in [6, 6.07) is 11.6. The van der Waals surface area contributed by atoms with Gasteiger partial charge >= 0.3 is 0 Å². The van der Waals surface area contributed by atoms with E-state index in [-0.39, 0.29) is 0 Å². The molecule has 7 heteroatoms. The summed E-state index contributed by atoms with van der Waals surface area (Å²) >= 11 is 0. The minimum absolute atomic E-state index is 0.493. The molecular formula is C21H27N5O2. The van der Waals surface area contributed by atoms with Crippen LogP contribution < -0.4 is 15.5 Å². The first-order valence-electron chi connectivity index (χ1n) is 8.85. The topological polar surface area (TPSA) is 82.0 Å². The maximum atomic E-state index is 9.44. The molecule has 0 fully saturated rings. The summed E-state index contributed by atoms with van der Waals surface area (Å²) < 4.78 is 5.85. The van der Waals surface area contributed by atoms with Crippen molar-refractivity contribution in [3.63, 3.8) is 0 Å². The number of aryl methyl sites for hydroxylation is 2. The van der Waals surface area contributed by atoms with Crippen molar-refractivity contribution in [2.45, 2.75) is 26.6 Å². The zero-order valence-electron chi connectivity index (χ0n) is 16.5. The maximum Gasteiger partial charge on any atom is 0.219 e. The number of hydrogen-bond acceptors (Lipinski definition) is 6. The Morgan fingerprint density at radius 1 is 1.36 bits per heavy atom. The van der Waals surface area contributed by atoms with Gasteiger partial charge in [0.05, 0.1) is 0 Å². The fraction of sp³-hybridized carbons (Fsp3) is 0.238. The Kier molecular flexibility index (Phi) is 7.74. The van der Waals surface area contributed by atoms with Gasteiger partial charge in [-0.25, -0.2) is 15.4 Å². The highest BCUT2D eigenvalue weighted by molar-refractivity contribution is 5.55. The molecule has 1 aromatic carbocycles. The van der Waals surface area contributed by atoms with E-state index in [0.29, 0.717) is 18.2 Å². The third-order valence-electron chi connectivity index (χ3n) is 3.83. The Morgan fingerprint density at radius 3 is 2.86 bits per heavy atom. The normalized spacial score (nSPS) is 11.9. The molecule has 2 aromatic rings. The highest BCUT2D eigenvalue weighted by atomic mass is 16.5. The molecule has 0 aliphatic carbocycles. The number of rotatable bonds is 10. The van der Waals surface area contributed by atoms with E-state index in [4.69, 9.17) is 4.74 Å². The van der Waals surface area contributed by atoms with Crippen LogP contribution in [0.3, 0.4) is 0 Å². The largest absolute Gasteiger partial charge is 0.439 e. The molecule has 1 atom stereocenters. The van der Waals surface area contributed by atoms with E-state index in [1.54, 1.807) is 7.05 Å². The van der Waals surface area contributed by atoms with Crippen LogP contribution >= 0.6 is 0 Å². The van der Waals surface area contributed by atoms with E-state index in [1.807, 2.05) is 50.2 Å². The summed E-state index contributed by atoms with van der Waals surface area (Å²) in [7, 11) is 1.72. The Morgan fingerprint density at radius 2 is 2.14 bits per heavy atom. The molecule has 7 nitrogen and oxygen atoms in total. The van der Waals surface area contributed by atoms with E-state index in [9.17, 15) is 5.11 Å². The molecule has 148 valence electrons. The number of nitrogens with zero attached hydrogens (tertiary/aromatic N) is 3. The predicted molar refractivity (Wildman–Crippen MR) is 112 cm³/mol. The third kappa shape index (κ3) is 6.86. The Labute approximate surface area is 166 Å². The second-order valence-corrected chi connectivity index (χ2v) is 6.27. The Balaban J connectivity index is 1.94. The van der Waals surface area contributed by atoms with Gasteiger partial charge in [-0.15, -0.1) is 0 Å². The van der Waals surface area contributed by atoms with Crippen LogP contribution in [0.15, 0.2) is 66.4 Å². The fourth-order valence-corrected chi connectivity index (χ4v) is 2.29. The second-order valence-electron chi connectivity index (χ2n) is 6.27. The van der Waals surface area contributed by atoms with Crippen molar-refractivity contribution in [3.05, 3.63) is 78.3 Å². The van der Waals surface area contributed by atoms with E-state index in [2.05, 4.69) is 33.9 Å². The molecule has 0 saturated heterocycles. The fourth-order valence-electron chi connectivity index (χ4n) is 2.29. The highest BCUT2D eigenvalue weighted by Gasteiger charge is 2.05. The van der Waals surface area contributed by atoms with Crippen LogP contribution in [0.2, 0.25) is 0 Å². The maximum absolute atomic E-state index is 9.44. The molecule has 0 spiro atoms. The number of pyridine rings is 1. The van der Waals surface area contributed by atoms with Gasteiger partial charge in [0.15, 0.2) is 0 Å². The number of aliphatic imine (C=N–C) groups is 1. The summed E-state index contributed by atoms with van der Waals surface area (Å²) in [5.74, 6) is 1.78. The summed E-state index contributed by atoms with van der Waals surface area (Å²) in [6.07, 6.45) is 2.05. The second kappa shape index (κ2) is 10.2. The van der Waals surface area contributed by atoms with Crippen molar-refractivity contribution in [1.29, 1.82) is 0 Å². The van der Waals surface area contributed by atoms with Crippen LogP contribution in [0.5, 0.6) is 11.6 Å². The van der Waals surface area contributed by atoms with Gasteiger partial charge in [0.2, 0.25) is 5.88 Å². The highest BCUT2D eigenvalue weighted by Crippen LogP contribution is 2.23. The van der Waals surface area contributed by atoms with Gasteiger partial charge < -0.3 is 15.2 Å². The molecular weight excluding hydrogens is 354 g/mol. The van der Waals surface area contributed by atoms with E-state index in [0.717, 1.165) is 22.6 Å². The predicted octanol–water partition coefficient (Wildman–Crippen LogP) is 3.02. The molecule has 1 aromatic heterocycles. The molecule has 0 amide bonds. The van der Waals surface area contributed by atoms with Crippen molar-refractivity contribution in [3.8, 4) is 11.6 Å². The third-order valence-corrected chi connectivity index (χ3v) is 3.83. The van der Waals surface area contributed by atoms with Gasteiger partial charge in [-0.05, 0) is 49.2 Å². The quantitative estimate of drug-likeness (QED) is 0.193. The standard InChI is InChI=1S/C21H27N5O2/c1-6-20(27)25-26(5)14-23-17(4)22-13-18-12-19(11-10-15(18)2)28-21-9-7-8-16(3)24-21/h6-12,14,20,22,25,27H,1,4,13H2,2-3,5H3/b23-14-. The van der Waals surface area contributed by atoms with E-state index in [1.165, 1.54) is 17.4 Å². The van der Waals surface area contributed by atoms with Crippen LogP contribution in [0.4, 0.5) is 0 Å². The summed E-state index contributed by atoms with van der Waals surface area (Å²) in [5.41, 5.74) is 5.83. The lowest BCUT2D eigenvalue weighted by Gasteiger charge is -2.17. The van der Waals surface area contributed by atoms with Gasteiger partial charge in [0.1, 0.15) is 24.1 Å². The average molecular weight is 381 g/mol. The average Bonchev–Trinajstić information content (AvgIpc) is 2.66. The molecule has 3 N–H and O–H groups in total. The zero-order chi connectivity index (χ0) is 20.5. The number of benzene rings is 1. The monoisotopic (exact) mass is 381 g/mol. The SMILES string of the molecule is C=CC(O)NN(C)/C=N\C(=C)NCc1cc(Oc2cccc(C)n2)ccc1C. The smallest absolute Gasteiger partial charge is 0.219 e. The first-order valence-corrected chi connectivity index (χ1v) is 8.85. The van der Waals surface area contributed by atoms with Crippen molar-refractivity contribution >= 4 is 6.34 Å². The minimum atomic E-state index is -0.842. The zero-order valence-corrected chi connectivity index (χ0v) is 16.5. The van der Waals surface area contributed by atoms with Crippen molar-refractivity contribution in [2.75, 3.05) is 7.05 Å². The van der Waals surface area contributed by atoms with Crippen molar-refractivity contribution in [1.82, 2.24) is 20.7 Å². The number of aliphatic hydroxyl groups excluding tert-OH is 1. The molecule has 0 radical (unpaired) electrons. The molecule has 1 heterocycles. The van der Waals surface area contributed by atoms with Gasteiger partial charge in [-0.2, -0.15) is 0 Å². The number of aliphatic hydroxyl groups is 1. The first kappa shape index (κ1) is 21.1. The van der Waals surface area contributed by atoms with Crippen LogP contribution in [0, 0.1) is 13.8 Å². The molecule has 0 bridgehead atoms. The van der Waals surface area contributed by atoms with E-state index < -0.39 is 6.23 Å². The Bertz CT molecular complexity index is 850. The number of hydrazine groups is 1. The first-order chi connectivity index (χ1) is 13.4. The van der Waals surface area contributed by atoms with Crippen molar-refractivity contribution in [2.24, 2.45) is 4.99 Å². The van der Waals surface area contributed by atoms with Gasteiger partial charge in [0, 0.05) is 25.4 Å². The molecule has 2 rings (SSSR count). The number of ether oxygens (including phenoxy) is 1. The summed E-state index contributed by atoms with van der Waals surface area (Å²) in [5, 5.41) is 14.1. The van der Waals surface area contributed by atoms with E-state index >= 15 is 0 Å². The van der Waals surface area contributed by atoms with Gasteiger partial charge in [-0.3, -0.25) is 5.01 Å². The lowest BCUT2D eigenvalue weighted by Crippen LogP contribution is -2.40. The molecule has 0 aliphatic heterocycles. The molecule has 1 unspecified atom stereocenters. The van der Waals surface area contributed by atoms with Gasteiger partial charge in [-0.1, -0.05) is 25.3 Å². The van der Waals surface area contributed by atoms with Crippen molar-refractivity contribution < 1.29 is 9.84 Å². The number of aromatic nitrogens is 1. The van der Waals surface area contributed by atoms with Crippen LogP contribution in [0.25, 0.3) is 0 Å². The van der Waals surface area contributed by atoms with Crippen LogP contribution in [-0.2, 0) is 6.54 Å². The minimum Gasteiger partial charge on any atom is -0.439 e. The van der Waals surface area contributed by atoms with Crippen LogP contribution in [0.1, 0.15) is 16.8 Å². The lowest BCUT2D eigenvalue weighted by molar-refractivity contribution is 0.126. The number of hydrogen-bond donors (Lipinski definition) is 3.